The van der Waals surface area contributed by atoms with Crippen molar-refractivity contribution < 1.29 is 4.92 Å². The van der Waals surface area contributed by atoms with Gasteiger partial charge in [-0.1, -0.05) is 42.5 Å². The molecule has 2 heterocycles. The second-order valence-corrected chi connectivity index (χ2v) is 6.94. The fourth-order valence-corrected chi connectivity index (χ4v) is 3.81. The van der Waals surface area contributed by atoms with Crippen molar-refractivity contribution in [2.45, 2.75) is 6.54 Å². The molecule has 0 atom stereocenters. The number of hydrogen-bond acceptors (Lipinski definition) is 5. The van der Waals surface area contributed by atoms with Gasteiger partial charge in [0, 0.05) is 29.3 Å². The first-order valence-electron chi connectivity index (χ1n) is 8.62. The number of nitro groups is 1. The van der Waals surface area contributed by atoms with E-state index in [4.69, 9.17) is 4.99 Å². The highest BCUT2D eigenvalue weighted by Gasteiger charge is 2.13. The lowest BCUT2D eigenvalue weighted by Crippen LogP contribution is -2.16. The summed E-state index contributed by atoms with van der Waals surface area (Å²) in [6.45, 7) is 0.613. The van der Waals surface area contributed by atoms with Gasteiger partial charge in [0.05, 0.1) is 29.0 Å². The third-order valence-electron chi connectivity index (χ3n) is 4.20. The molecule has 0 N–H and O–H groups in total. The molecule has 0 fully saturated rings. The average Bonchev–Trinajstić information content (AvgIpc) is 3.12. The minimum absolute atomic E-state index is 0.0701. The Hall–Kier alpha value is -3.58. The third-order valence-corrected chi connectivity index (χ3v) is 5.07. The maximum Gasteiger partial charge on any atom is 0.270 e. The monoisotopic (exact) mass is 388 g/mol. The Morgan fingerprint density at radius 2 is 1.93 bits per heavy atom. The number of aromatic nitrogens is 2. The number of thiazole rings is 1. The predicted molar refractivity (Wildman–Crippen MR) is 109 cm³/mol. The maximum atomic E-state index is 11.2. The number of benzene rings is 2. The van der Waals surface area contributed by atoms with E-state index in [1.807, 2.05) is 41.8 Å². The topological polar surface area (TPSA) is 73.3 Å². The molecule has 0 aliphatic heterocycles. The predicted octanol–water partition coefficient (Wildman–Crippen LogP) is 4.80. The van der Waals surface area contributed by atoms with Gasteiger partial charge >= 0.3 is 0 Å². The zero-order chi connectivity index (χ0) is 19.3. The van der Waals surface area contributed by atoms with Crippen LogP contribution in [0.15, 0.2) is 89.5 Å². The Balaban J connectivity index is 1.86. The largest absolute Gasteiger partial charge is 0.312 e. The van der Waals surface area contributed by atoms with Crippen LogP contribution in [-0.2, 0) is 6.54 Å². The zero-order valence-electron chi connectivity index (χ0n) is 14.8. The summed E-state index contributed by atoms with van der Waals surface area (Å²) in [4.78, 5) is 20.5. The molecule has 7 heteroatoms. The molecule has 0 radical (unpaired) electrons. The molecule has 0 aliphatic rings. The standard InChI is InChI=1S/C21H16N4O2S/c26-25(27)19-10-4-8-17(12-19)20-15-28-21(23-18-9-5-11-22-13-18)24(20)14-16-6-2-1-3-7-16/h1-13,15H,14H2. The van der Waals surface area contributed by atoms with E-state index in [9.17, 15) is 10.1 Å². The van der Waals surface area contributed by atoms with Gasteiger partial charge < -0.3 is 4.57 Å². The van der Waals surface area contributed by atoms with Gasteiger partial charge in [0.2, 0.25) is 0 Å². The Morgan fingerprint density at radius 3 is 2.68 bits per heavy atom. The van der Waals surface area contributed by atoms with Crippen LogP contribution in [-0.4, -0.2) is 14.5 Å². The van der Waals surface area contributed by atoms with Crippen LogP contribution in [0.4, 0.5) is 11.4 Å². The molecule has 2 aromatic heterocycles. The van der Waals surface area contributed by atoms with Gasteiger partial charge in [0.1, 0.15) is 0 Å². The van der Waals surface area contributed by atoms with E-state index in [0.29, 0.717) is 6.54 Å². The van der Waals surface area contributed by atoms with Crippen molar-refractivity contribution >= 4 is 22.7 Å². The molecular formula is C21H16N4O2S. The number of nitro benzene ring substituents is 1. The Labute approximate surface area is 165 Å². The quantitative estimate of drug-likeness (QED) is 0.364. The molecule has 0 unspecified atom stereocenters. The Kier molecular flexibility index (Phi) is 5.07. The van der Waals surface area contributed by atoms with Crippen LogP contribution in [0.25, 0.3) is 11.3 Å². The Bertz CT molecular complexity index is 1170. The number of nitrogens with zero attached hydrogens (tertiary/aromatic N) is 4. The van der Waals surface area contributed by atoms with Gasteiger partial charge in [-0.25, -0.2) is 4.99 Å². The highest BCUT2D eigenvalue weighted by Crippen LogP contribution is 2.25. The smallest absolute Gasteiger partial charge is 0.270 e. The van der Waals surface area contributed by atoms with Crippen molar-refractivity contribution in [2.75, 3.05) is 0 Å². The number of hydrogen-bond donors (Lipinski definition) is 0. The minimum atomic E-state index is -0.377. The SMILES string of the molecule is O=[N+]([O-])c1cccc(-c2csc(=Nc3cccnc3)n2Cc2ccccc2)c1. The highest BCUT2D eigenvalue weighted by molar-refractivity contribution is 7.07. The summed E-state index contributed by atoms with van der Waals surface area (Å²) in [6.07, 6.45) is 3.42. The van der Waals surface area contributed by atoms with Crippen molar-refractivity contribution in [2.24, 2.45) is 4.99 Å². The van der Waals surface area contributed by atoms with Crippen molar-refractivity contribution in [1.82, 2.24) is 9.55 Å². The molecular weight excluding hydrogens is 372 g/mol. The van der Waals surface area contributed by atoms with Gasteiger partial charge in [-0.3, -0.25) is 15.1 Å². The summed E-state index contributed by atoms with van der Waals surface area (Å²) in [5.74, 6) is 0. The molecule has 0 bridgehead atoms. The van der Waals surface area contributed by atoms with E-state index < -0.39 is 0 Å². The first-order valence-corrected chi connectivity index (χ1v) is 9.50. The van der Waals surface area contributed by atoms with Gasteiger partial charge in [-0.05, 0) is 17.7 Å². The number of non-ortho nitro benzene ring substituents is 1. The number of rotatable bonds is 5. The van der Waals surface area contributed by atoms with E-state index in [1.54, 1.807) is 24.5 Å². The Morgan fingerprint density at radius 1 is 1.07 bits per heavy atom. The third kappa shape index (κ3) is 3.89. The summed E-state index contributed by atoms with van der Waals surface area (Å²) in [7, 11) is 0. The highest BCUT2D eigenvalue weighted by atomic mass is 32.1. The van der Waals surface area contributed by atoms with Crippen LogP contribution >= 0.6 is 11.3 Å². The molecule has 0 saturated heterocycles. The molecule has 0 saturated carbocycles. The summed E-state index contributed by atoms with van der Waals surface area (Å²) in [6, 6.07) is 20.5. The molecule has 138 valence electrons. The van der Waals surface area contributed by atoms with Crippen LogP contribution in [0.5, 0.6) is 0 Å². The molecule has 4 aromatic rings. The molecule has 4 rings (SSSR count). The van der Waals surface area contributed by atoms with Gasteiger partial charge in [-0.2, -0.15) is 0 Å². The van der Waals surface area contributed by atoms with E-state index in [1.165, 1.54) is 17.4 Å². The van der Waals surface area contributed by atoms with Crippen LogP contribution in [0.2, 0.25) is 0 Å². The second-order valence-electron chi connectivity index (χ2n) is 6.11. The summed E-state index contributed by atoms with van der Waals surface area (Å²) >= 11 is 1.50. The second kappa shape index (κ2) is 7.98. The van der Waals surface area contributed by atoms with Crippen LogP contribution in [0.3, 0.4) is 0 Å². The first-order chi connectivity index (χ1) is 13.7. The first kappa shape index (κ1) is 17.8. The van der Waals surface area contributed by atoms with Crippen molar-refractivity contribution in [3.63, 3.8) is 0 Å². The summed E-state index contributed by atoms with van der Waals surface area (Å²) in [5.41, 5.74) is 3.63. The lowest BCUT2D eigenvalue weighted by atomic mass is 10.1. The maximum absolute atomic E-state index is 11.2. The van der Waals surface area contributed by atoms with Crippen LogP contribution < -0.4 is 4.80 Å². The molecule has 2 aromatic carbocycles. The van der Waals surface area contributed by atoms with E-state index in [-0.39, 0.29) is 10.6 Å². The van der Waals surface area contributed by atoms with Gasteiger partial charge in [-0.15, -0.1) is 11.3 Å². The fourth-order valence-electron chi connectivity index (χ4n) is 2.88. The normalized spacial score (nSPS) is 11.5. The van der Waals surface area contributed by atoms with E-state index >= 15 is 0 Å². The van der Waals surface area contributed by atoms with Gasteiger partial charge in [0.15, 0.2) is 4.80 Å². The zero-order valence-corrected chi connectivity index (χ0v) is 15.6. The van der Waals surface area contributed by atoms with Crippen molar-refractivity contribution in [1.29, 1.82) is 0 Å². The van der Waals surface area contributed by atoms with Crippen molar-refractivity contribution in [3.05, 3.63) is 105 Å². The summed E-state index contributed by atoms with van der Waals surface area (Å²) in [5, 5.41) is 13.2. The van der Waals surface area contributed by atoms with Crippen LogP contribution in [0, 0.1) is 10.1 Å². The number of pyridine rings is 1. The van der Waals surface area contributed by atoms with Crippen LogP contribution in [0.1, 0.15) is 5.56 Å². The molecule has 0 aliphatic carbocycles. The van der Waals surface area contributed by atoms with Gasteiger partial charge in [0.25, 0.3) is 5.69 Å². The fraction of sp³-hybridized carbons (Fsp3) is 0.0476. The summed E-state index contributed by atoms with van der Waals surface area (Å²) < 4.78 is 2.08. The molecule has 6 nitrogen and oxygen atoms in total. The van der Waals surface area contributed by atoms with E-state index in [2.05, 4.69) is 21.7 Å². The lowest BCUT2D eigenvalue weighted by Gasteiger charge is -2.09. The van der Waals surface area contributed by atoms with E-state index in [0.717, 1.165) is 27.3 Å². The molecule has 0 spiro atoms. The molecule has 0 amide bonds. The molecule has 28 heavy (non-hydrogen) atoms. The lowest BCUT2D eigenvalue weighted by molar-refractivity contribution is -0.384. The minimum Gasteiger partial charge on any atom is -0.312 e. The average molecular weight is 388 g/mol. The van der Waals surface area contributed by atoms with Crippen molar-refractivity contribution in [3.8, 4) is 11.3 Å².